The van der Waals surface area contributed by atoms with E-state index in [-0.39, 0.29) is 5.41 Å². The number of rotatable bonds is 2. The van der Waals surface area contributed by atoms with Gasteiger partial charge in [-0.25, -0.2) is 0 Å². The number of fused-ring (bicyclic) bond motifs is 1. The Bertz CT molecular complexity index is 506. The van der Waals surface area contributed by atoms with Gasteiger partial charge in [-0.05, 0) is 24.5 Å². The lowest BCUT2D eigenvalue weighted by molar-refractivity contribution is 0.140. The van der Waals surface area contributed by atoms with Gasteiger partial charge in [0.2, 0.25) is 0 Å². The normalized spacial score (nSPS) is 22.7. The molecule has 0 spiro atoms. The van der Waals surface area contributed by atoms with Crippen molar-refractivity contribution in [2.45, 2.75) is 38.7 Å². The van der Waals surface area contributed by atoms with Crippen LogP contribution >= 0.6 is 11.6 Å². The van der Waals surface area contributed by atoms with Crippen molar-refractivity contribution >= 4 is 11.6 Å². The molecule has 104 valence electrons. The summed E-state index contributed by atoms with van der Waals surface area (Å²) in [5, 5.41) is 10.7. The van der Waals surface area contributed by atoms with E-state index in [4.69, 9.17) is 21.1 Å². The Balaban J connectivity index is 1.88. The summed E-state index contributed by atoms with van der Waals surface area (Å²) >= 11 is 6.27. The number of ether oxygens (including phenoxy) is 2. The molecule has 1 aliphatic carbocycles. The molecule has 3 rings (SSSR count). The van der Waals surface area contributed by atoms with Crippen molar-refractivity contribution in [1.29, 1.82) is 0 Å². The fourth-order valence-corrected chi connectivity index (χ4v) is 2.42. The second kappa shape index (κ2) is 4.29. The fraction of sp³-hybridized carbons (Fsp3) is 0.600. The molecule has 1 saturated carbocycles. The Hall–Kier alpha value is -0.930. The number of aliphatic hydroxyl groups is 1. The lowest BCUT2D eigenvalue weighted by Gasteiger charge is -2.19. The molecule has 0 saturated heterocycles. The Morgan fingerprint density at radius 1 is 1.16 bits per heavy atom. The average Bonchev–Trinajstić information content (AvgIpc) is 3.07. The number of benzene rings is 1. The molecule has 0 amide bonds. The first-order chi connectivity index (χ1) is 8.87. The molecule has 0 radical (unpaired) electrons. The zero-order valence-electron chi connectivity index (χ0n) is 11.3. The van der Waals surface area contributed by atoms with Gasteiger partial charge in [-0.2, -0.15) is 0 Å². The van der Waals surface area contributed by atoms with Gasteiger partial charge in [0, 0.05) is 22.9 Å². The van der Waals surface area contributed by atoms with Crippen molar-refractivity contribution in [3.8, 4) is 11.5 Å². The first-order valence-corrected chi connectivity index (χ1v) is 7.05. The summed E-state index contributed by atoms with van der Waals surface area (Å²) in [5.74, 6) is 1.43. The minimum absolute atomic E-state index is 0.0135. The SMILES string of the molecule is CC1(C)COc2cc(Cl)c(CC3(O)CC3)cc2OC1. The predicted octanol–water partition coefficient (Wildman–Crippen LogP) is 3.20. The van der Waals surface area contributed by atoms with Crippen LogP contribution < -0.4 is 9.47 Å². The first kappa shape index (κ1) is 13.1. The van der Waals surface area contributed by atoms with Crippen LogP contribution in [0.3, 0.4) is 0 Å². The summed E-state index contributed by atoms with van der Waals surface area (Å²) in [6, 6.07) is 3.72. The van der Waals surface area contributed by atoms with Gasteiger partial charge in [0.15, 0.2) is 11.5 Å². The molecular formula is C15H19ClO3. The molecule has 1 aromatic carbocycles. The molecule has 2 aliphatic rings. The van der Waals surface area contributed by atoms with Gasteiger partial charge in [-0.15, -0.1) is 0 Å². The lowest BCUT2D eigenvalue weighted by atomic mass is 9.97. The largest absolute Gasteiger partial charge is 0.489 e. The van der Waals surface area contributed by atoms with Gasteiger partial charge in [-0.1, -0.05) is 25.4 Å². The van der Waals surface area contributed by atoms with Crippen LogP contribution in [-0.4, -0.2) is 23.9 Å². The minimum atomic E-state index is -0.553. The fourth-order valence-electron chi connectivity index (χ4n) is 2.20. The van der Waals surface area contributed by atoms with Crippen molar-refractivity contribution < 1.29 is 14.6 Å². The summed E-state index contributed by atoms with van der Waals surface area (Å²) in [6.07, 6.45) is 2.29. The monoisotopic (exact) mass is 282 g/mol. The van der Waals surface area contributed by atoms with Crippen LogP contribution in [0.15, 0.2) is 12.1 Å². The molecule has 1 aliphatic heterocycles. The number of hydrogen-bond acceptors (Lipinski definition) is 3. The maximum atomic E-state index is 10.0. The van der Waals surface area contributed by atoms with Gasteiger partial charge < -0.3 is 14.6 Å². The number of halogens is 1. The van der Waals surface area contributed by atoms with E-state index < -0.39 is 5.60 Å². The van der Waals surface area contributed by atoms with E-state index in [0.29, 0.717) is 30.4 Å². The Morgan fingerprint density at radius 3 is 2.32 bits per heavy atom. The number of hydrogen-bond donors (Lipinski definition) is 1. The summed E-state index contributed by atoms with van der Waals surface area (Å²) < 4.78 is 11.6. The highest BCUT2D eigenvalue weighted by atomic mass is 35.5. The summed E-state index contributed by atoms with van der Waals surface area (Å²) in [4.78, 5) is 0. The van der Waals surface area contributed by atoms with Crippen LogP contribution in [0.2, 0.25) is 5.02 Å². The quantitative estimate of drug-likeness (QED) is 0.905. The smallest absolute Gasteiger partial charge is 0.162 e. The van der Waals surface area contributed by atoms with Gasteiger partial charge in [0.25, 0.3) is 0 Å². The molecule has 4 heteroatoms. The van der Waals surface area contributed by atoms with Gasteiger partial charge in [-0.3, -0.25) is 0 Å². The van der Waals surface area contributed by atoms with Crippen LogP contribution in [-0.2, 0) is 6.42 Å². The maximum absolute atomic E-state index is 10.0. The van der Waals surface area contributed by atoms with E-state index in [1.54, 1.807) is 6.07 Å². The Kier molecular flexibility index (Phi) is 2.95. The topological polar surface area (TPSA) is 38.7 Å². The molecule has 1 fully saturated rings. The van der Waals surface area contributed by atoms with E-state index in [2.05, 4.69) is 13.8 Å². The molecule has 1 heterocycles. The molecule has 0 unspecified atom stereocenters. The van der Waals surface area contributed by atoms with Crippen molar-refractivity contribution in [2.24, 2.45) is 5.41 Å². The van der Waals surface area contributed by atoms with Crippen molar-refractivity contribution in [2.75, 3.05) is 13.2 Å². The average molecular weight is 283 g/mol. The lowest BCUT2D eigenvalue weighted by Crippen LogP contribution is -2.26. The van der Waals surface area contributed by atoms with Crippen molar-refractivity contribution in [3.63, 3.8) is 0 Å². The highest BCUT2D eigenvalue weighted by Gasteiger charge is 2.41. The van der Waals surface area contributed by atoms with Gasteiger partial charge in [0.05, 0.1) is 18.8 Å². The second-order valence-corrected chi connectivity index (χ2v) is 6.94. The Labute approximate surface area is 118 Å². The van der Waals surface area contributed by atoms with Gasteiger partial charge in [0.1, 0.15) is 0 Å². The van der Waals surface area contributed by atoms with E-state index in [1.807, 2.05) is 6.07 Å². The molecule has 19 heavy (non-hydrogen) atoms. The molecule has 1 N–H and O–H groups in total. The maximum Gasteiger partial charge on any atom is 0.162 e. The third-order valence-corrected chi connectivity index (χ3v) is 4.05. The molecule has 0 bridgehead atoms. The summed E-state index contributed by atoms with van der Waals surface area (Å²) in [7, 11) is 0. The summed E-state index contributed by atoms with van der Waals surface area (Å²) in [6.45, 7) is 5.44. The van der Waals surface area contributed by atoms with E-state index in [1.165, 1.54) is 0 Å². The van der Waals surface area contributed by atoms with Crippen LogP contribution in [0.4, 0.5) is 0 Å². The molecule has 0 aromatic heterocycles. The van der Waals surface area contributed by atoms with Crippen LogP contribution in [0.5, 0.6) is 11.5 Å². The Morgan fingerprint density at radius 2 is 1.74 bits per heavy atom. The molecule has 1 aromatic rings. The van der Waals surface area contributed by atoms with E-state index >= 15 is 0 Å². The van der Waals surface area contributed by atoms with Gasteiger partial charge >= 0.3 is 0 Å². The van der Waals surface area contributed by atoms with Crippen LogP contribution in [0, 0.1) is 5.41 Å². The van der Waals surface area contributed by atoms with Crippen molar-refractivity contribution in [1.82, 2.24) is 0 Å². The van der Waals surface area contributed by atoms with Crippen molar-refractivity contribution in [3.05, 3.63) is 22.7 Å². The minimum Gasteiger partial charge on any atom is -0.489 e. The van der Waals surface area contributed by atoms with E-state index in [0.717, 1.165) is 24.2 Å². The zero-order chi connectivity index (χ0) is 13.7. The molecular weight excluding hydrogens is 264 g/mol. The van der Waals surface area contributed by atoms with E-state index in [9.17, 15) is 5.11 Å². The molecule has 0 atom stereocenters. The predicted molar refractivity (Wildman–Crippen MR) is 74.1 cm³/mol. The van der Waals surface area contributed by atoms with Crippen LogP contribution in [0.25, 0.3) is 0 Å². The summed E-state index contributed by atoms with van der Waals surface area (Å²) in [5.41, 5.74) is 0.368. The first-order valence-electron chi connectivity index (χ1n) is 6.67. The second-order valence-electron chi connectivity index (χ2n) is 6.53. The highest BCUT2D eigenvalue weighted by Crippen LogP contribution is 2.43. The van der Waals surface area contributed by atoms with Crippen LogP contribution in [0.1, 0.15) is 32.3 Å². The standard InChI is InChI=1S/C15H19ClO3/c1-14(2)8-18-12-5-10(7-15(17)3-4-15)11(16)6-13(12)19-9-14/h5-6,17H,3-4,7-9H2,1-2H3. The zero-order valence-corrected chi connectivity index (χ0v) is 12.1. The highest BCUT2D eigenvalue weighted by molar-refractivity contribution is 6.31. The third kappa shape index (κ3) is 2.82. The molecule has 3 nitrogen and oxygen atoms in total. The third-order valence-electron chi connectivity index (χ3n) is 3.70.